The fourth-order valence-corrected chi connectivity index (χ4v) is 6.72. The molecular weight excluding hydrogens is 522 g/mol. The quantitative estimate of drug-likeness (QED) is 0.330. The first-order chi connectivity index (χ1) is 19.4. The number of anilines is 1. The molecule has 1 atom stereocenters. The van der Waals surface area contributed by atoms with Crippen LogP contribution in [0.5, 0.6) is 0 Å². The van der Waals surface area contributed by atoms with Crippen LogP contribution in [0.2, 0.25) is 0 Å². The molecule has 0 aromatic heterocycles. The first kappa shape index (κ1) is 29.3. The number of hydrogen-bond acceptors (Lipinski definition) is 4. The maximum Gasteiger partial charge on any atom is 0.264 e. The van der Waals surface area contributed by atoms with Gasteiger partial charge in [-0.05, 0) is 55.5 Å². The van der Waals surface area contributed by atoms with E-state index in [9.17, 15) is 18.0 Å². The molecule has 0 aliphatic heterocycles. The minimum absolute atomic E-state index is 0.101. The van der Waals surface area contributed by atoms with Gasteiger partial charge in [-0.1, -0.05) is 92.9 Å². The van der Waals surface area contributed by atoms with Crippen LogP contribution < -0.4 is 9.62 Å². The molecule has 1 aliphatic carbocycles. The number of hydrogen-bond donors (Lipinski definition) is 1. The first-order valence-electron chi connectivity index (χ1n) is 14.2. The number of sulfonamides is 1. The molecular formula is C32H39N3O4S. The highest BCUT2D eigenvalue weighted by atomic mass is 32.2. The average molecular weight is 562 g/mol. The second-order valence-electron chi connectivity index (χ2n) is 10.3. The van der Waals surface area contributed by atoms with E-state index in [-0.39, 0.29) is 16.8 Å². The molecule has 8 heteroatoms. The summed E-state index contributed by atoms with van der Waals surface area (Å²) >= 11 is 0. The lowest BCUT2D eigenvalue weighted by atomic mass is 9.95. The number of rotatable bonds is 12. The molecule has 40 heavy (non-hydrogen) atoms. The summed E-state index contributed by atoms with van der Waals surface area (Å²) < 4.78 is 28.7. The molecule has 0 bridgehead atoms. The third-order valence-corrected chi connectivity index (χ3v) is 9.26. The number of nitrogens with one attached hydrogen (secondary N) is 1. The average Bonchev–Trinajstić information content (AvgIpc) is 2.99. The predicted octanol–water partition coefficient (Wildman–Crippen LogP) is 5.18. The number of nitrogens with zero attached hydrogens (tertiary/aromatic N) is 2. The van der Waals surface area contributed by atoms with Crippen LogP contribution in [0.4, 0.5) is 5.69 Å². The zero-order chi connectivity index (χ0) is 28.4. The molecule has 0 heterocycles. The molecule has 0 unspecified atom stereocenters. The van der Waals surface area contributed by atoms with Crippen molar-refractivity contribution in [3.8, 4) is 0 Å². The van der Waals surface area contributed by atoms with Crippen LogP contribution >= 0.6 is 0 Å². The van der Waals surface area contributed by atoms with Crippen LogP contribution in [0.15, 0.2) is 95.9 Å². The first-order valence-corrected chi connectivity index (χ1v) is 15.6. The Morgan fingerprint density at radius 3 is 2.02 bits per heavy atom. The van der Waals surface area contributed by atoms with Crippen LogP contribution in [0.3, 0.4) is 0 Å². The van der Waals surface area contributed by atoms with Gasteiger partial charge in [0.2, 0.25) is 11.8 Å². The summed E-state index contributed by atoms with van der Waals surface area (Å²) in [5.74, 6) is -0.585. The summed E-state index contributed by atoms with van der Waals surface area (Å²) in [5, 5.41) is 3.18. The van der Waals surface area contributed by atoms with Crippen LogP contribution in [0.25, 0.3) is 0 Å². The lowest BCUT2D eigenvalue weighted by Crippen LogP contribution is -2.54. The van der Waals surface area contributed by atoms with E-state index in [4.69, 9.17) is 0 Å². The highest BCUT2D eigenvalue weighted by molar-refractivity contribution is 7.92. The van der Waals surface area contributed by atoms with Crippen LogP contribution in [-0.2, 0) is 26.0 Å². The van der Waals surface area contributed by atoms with Gasteiger partial charge in [-0.15, -0.1) is 0 Å². The maximum atomic E-state index is 14.1. The summed E-state index contributed by atoms with van der Waals surface area (Å²) in [4.78, 5) is 29.3. The summed E-state index contributed by atoms with van der Waals surface area (Å²) in [6.07, 6.45) is 6.21. The molecule has 4 rings (SSSR count). The lowest BCUT2D eigenvalue weighted by molar-refractivity contribution is -0.140. The smallest absolute Gasteiger partial charge is 0.264 e. The van der Waals surface area contributed by atoms with E-state index in [0.717, 1.165) is 35.6 Å². The zero-order valence-corrected chi connectivity index (χ0v) is 23.9. The van der Waals surface area contributed by atoms with Crippen LogP contribution in [-0.4, -0.2) is 50.3 Å². The normalized spacial score (nSPS) is 14.7. The Kier molecular flexibility index (Phi) is 10.4. The van der Waals surface area contributed by atoms with Gasteiger partial charge in [-0.25, -0.2) is 8.42 Å². The Balaban J connectivity index is 1.63. The highest BCUT2D eigenvalue weighted by Crippen LogP contribution is 2.24. The molecule has 0 spiro atoms. The van der Waals surface area contributed by atoms with Gasteiger partial charge in [0.1, 0.15) is 12.6 Å². The number of amides is 2. The minimum atomic E-state index is -4.04. The fraction of sp³-hybridized carbons (Fsp3) is 0.375. The second-order valence-corrected chi connectivity index (χ2v) is 12.1. The SMILES string of the molecule is CC[C@H](C(=O)NC1CCCCC1)N(CCc1ccccc1)C(=O)CN(c1ccccc1)S(=O)(=O)c1ccccc1. The number of benzene rings is 3. The van der Waals surface area contributed by atoms with Crippen LogP contribution in [0.1, 0.15) is 51.0 Å². The van der Waals surface area contributed by atoms with Gasteiger partial charge in [0.05, 0.1) is 10.6 Å². The standard InChI is InChI=1S/C32H39N3O4S/c1-2-30(32(37)33-27-17-9-4-10-18-27)34(24-23-26-15-7-3-8-16-26)31(36)25-35(28-19-11-5-12-20-28)40(38,39)29-21-13-6-14-22-29/h3,5-8,11-16,19-22,27,30H,2,4,9-10,17-18,23-25H2,1H3,(H,33,37)/t30-/m1/s1. The molecule has 212 valence electrons. The van der Waals surface area contributed by atoms with E-state index in [1.165, 1.54) is 18.6 Å². The summed E-state index contributed by atoms with van der Waals surface area (Å²) in [5.41, 5.74) is 1.43. The Bertz CT molecular complexity index is 1330. The molecule has 3 aromatic carbocycles. The molecule has 1 N–H and O–H groups in total. The van der Waals surface area contributed by atoms with E-state index in [0.29, 0.717) is 25.1 Å². The molecule has 0 saturated heterocycles. The second kappa shape index (κ2) is 14.1. The number of carbonyl (C=O) groups is 2. The van der Waals surface area contributed by atoms with Gasteiger partial charge in [-0.3, -0.25) is 13.9 Å². The summed E-state index contributed by atoms with van der Waals surface area (Å²) in [6.45, 7) is 1.78. The fourth-order valence-electron chi connectivity index (χ4n) is 5.28. The van der Waals surface area contributed by atoms with Crippen molar-refractivity contribution in [2.45, 2.75) is 68.8 Å². The van der Waals surface area contributed by atoms with Gasteiger partial charge < -0.3 is 10.2 Å². The van der Waals surface area contributed by atoms with Crippen molar-refractivity contribution in [2.24, 2.45) is 0 Å². The molecule has 3 aromatic rings. The van der Waals surface area contributed by atoms with Crippen molar-refractivity contribution in [3.05, 3.63) is 96.6 Å². The molecule has 1 aliphatic rings. The predicted molar refractivity (Wildman–Crippen MR) is 158 cm³/mol. The van der Waals surface area contributed by atoms with Crippen molar-refractivity contribution in [1.82, 2.24) is 10.2 Å². The van der Waals surface area contributed by atoms with Gasteiger partial charge >= 0.3 is 0 Å². The highest BCUT2D eigenvalue weighted by Gasteiger charge is 2.34. The maximum absolute atomic E-state index is 14.1. The molecule has 2 amide bonds. The van der Waals surface area contributed by atoms with Crippen molar-refractivity contribution < 1.29 is 18.0 Å². The Hall–Kier alpha value is -3.65. The third kappa shape index (κ3) is 7.50. The number of para-hydroxylation sites is 1. The summed E-state index contributed by atoms with van der Waals surface area (Å²) in [7, 11) is -4.04. The van der Waals surface area contributed by atoms with Gasteiger partial charge in [0, 0.05) is 12.6 Å². The van der Waals surface area contributed by atoms with E-state index < -0.39 is 28.5 Å². The zero-order valence-electron chi connectivity index (χ0n) is 23.1. The van der Waals surface area contributed by atoms with Crippen molar-refractivity contribution in [3.63, 3.8) is 0 Å². The van der Waals surface area contributed by atoms with Crippen molar-refractivity contribution >= 4 is 27.5 Å². The third-order valence-electron chi connectivity index (χ3n) is 7.48. The topological polar surface area (TPSA) is 86.8 Å². The molecule has 0 radical (unpaired) electrons. The minimum Gasteiger partial charge on any atom is -0.352 e. The Labute approximate surface area is 238 Å². The Morgan fingerprint density at radius 1 is 0.850 bits per heavy atom. The van der Waals surface area contributed by atoms with Crippen molar-refractivity contribution in [2.75, 3.05) is 17.4 Å². The monoisotopic (exact) mass is 561 g/mol. The summed E-state index contributed by atoms with van der Waals surface area (Å²) in [6, 6.07) is 26.0. The van der Waals surface area contributed by atoms with E-state index >= 15 is 0 Å². The lowest BCUT2D eigenvalue weighted by Gasteiger charge is -2.34. The molecule has 7 nitrogen and oxygen atoms in total. The Morgan fingerprint density at radius 2 is 1.43 bits per heavy atom. The van der Waals surface area contributed by atoms with Crippen molar-refractivity contribution in [1.29, 1.82) is 0 Å². The van der Waals surface area contributed by atoms with Crippen LogP contribution in [0, 0.1) is 0 Å². The van der Waals surface area contributed by atoms with Gasteiger partial charge in [0.15, 0.2) is 0 Å². The largest absolute Gasteiger partial charge is 0.352 e. The number of carbonyl (C=O) groups excluding carboxylic acids is 2. The van der Waals surface area contributed by atoms with E-state index in [2.05, 4.69) is 5.32 Å². The van der Waals surface area contributed by atoms with E-state index in [1.54, 1.807) is 53.4 Å². The molecule has 1 fully saturated rings. The van der Waals surface area contributed by atoms with Gasteiger partial charge in [-0.2, -0.15) is 0 Å². The van der Waals surface area contributed by atoms with E-state index in [1.807, 2.05) is 37.3 Å². The van der Waals surface area contributed by atoms with Gasteiger partial charge in [0.25, 0.3) is 10.0 Å². The molecule has 1 saturated carbocycles.